The van der Waals surface area contributed by atoms with Crippen molar-refractivity contribution < 1.29 is 18.0 Å². The topological polar surface area (TPSA) is 43.1 Å². The lowest BCUT2D eigenvalue weighted by molar-refractivity contribution is -0.137. The summed E-state index contributed by atoms with van der Waals surface area (Å²) < 4.78 is 37.9. The lowest BCUT2D eigenvalue weighted by Crippen LogP contribution is -2.04. The van der Waals surface area contributed by atoms with E-state index in [9.17, 15) is 18.0 Å². The number of halogens is 3. The minimum atomic E-state index is -4.36. The van der Waals surface area contributed by atoms with Gasteiger partial charge in [-0.05, 0) is 35.9 Å². The Morgan fingerprint density at radius 2 is 1.95 bits per heavy atom. The summed E-state index contributed by atoms with van der Waals surface area (Å²) in [5.74, 6) is -0.570. The van der Waals surface area contributed by atoms with E-state index in [1.807, 2.05) is 0 Å². The number of thiophene rings is 1. The molecule has 1 aromatic heterocycles. The molecule has 0 aliphatic rings. The van der Waals surface area contributed by atoms with Crippen LogP contribution in [0.1, 0.15) is 10.4 Å². The average Bonchev–Trinajstić information content (AvgIpc) is 2.84. The fourth-order valence-electron chi connectivity index (χ4n) is 1.61. The van der Waals surface area contributed by atoms with Gasteiger partial charge < -0.3 is 5.73 Å². The first-order valence-corrected chi connectivity index (χ1v) is 6.43. The van der Waals surface area contributed by atoms with Crippen LogP contribution in [0.25, 0.3) is 16.5 Å². The zero-order valence-corrected chi connectivity index (χ0v) is 11.0. The van der Waals surface area contributed by atoms with Crippen LogP contribution in [-0.4, -0.2) is 5.91 Å². The van der Waals surface area contributed by atoms with Crippen molar-refractivity contribution in [2.45, 2.75) is 6.18 Å². The summed E-state index contributed by atoms with van der Waals surface area (Å²) in [6, 6.07) is 8.55. The summed E-state index contributed by atoms with van der Waals surface area (Å²) >= 11 is 1.29. The van der Waals surface area contributed by atoms with Gasteiger partial charge in [-0.3, -0.25) is 4.79 Å². The molecule has 0 aliphatic heterocycles. The highest BCUT2D eigenvalue weighted by Gasteiger charge is 2.30. The fraction of sp³-hybridized carbons (Fsp3) is 0.0714. The fourth-order valence-corrected chi connectivity index (χ4v) is 2.52. The second-order valence-electron chi connectivity index (χ2n) is 4.02. The van der Waals surface area contributed by atoms with E-state index in [1.165, 1.54) is 29.6 Å². The predicted molar refractivity (Wildman–Crippen MR) is 73.0 cm³/mol. The van der Waals surface area contributed by atoms with Gasteiger partial charge in [-0.15, -0.1) is 11.3 Å². The minimum Gasteiger partial charge on any atom is -0.366 e. The molecule has 0 atom stereocenters. The Bertz CT molecular complexity index is 658. The van der Waals surface area contributed by atoms with Gasteiger partial charge >= 0.3 is 6.18 Å². The van der Waals surface area contributed by atoms with E-state index in [4.69, 9.17) is 5.73 Å². The molecule has 0 fully saturated rings. The summed E-state index contributed by atoms with van der Waals surface area (Å²) in [6.07, 6.45) is -1.62. The van der Waals surface area contributed by atoms with E-state index >= 15 is 0 Å². The number of hydrogen-bond donors (Lipinski definition) is 1. The Morgan fingerprint density at radius 3 is 2.60 bits per heavy atom. The molecule has 20 heavy (non-hydrogen) atoms. The molecule has 104 valence electrons. The molecule has 2 aromatic rings. The van der Waals surface area contributed by atoms with Gasteiger partial charge in [0.25, 0.3) is 0 Å². The van der Waals surface area contributed by atoms with Gasteiger partial charge in [0, 0.05) is 15.8 Å². The number of primary amides is 1. The number of amides is 1. The molecule has 1 amide bonds. The maximum Gasteiger partial charge on any atom is 0.416 e. The molecule has 2 nitrogen and oxygen atoms in total. The smallest absolute Gasteiger partial charge is 0.366 e. The molecule has 1 aromatic carbocycles. The highest BCUT2D eigenvalue weighted by Crippen LogP contribution is 2.34. The predicted octanol–water partition coefficient (Wildman–Crippen LogP) is 3.93. The van der Waals surface area contributed by atoms with Crippen LogP contribution >= 0.6 is 11.3 Å². The van der Waals surface area contributed by atoms with Crippen LogP contribution in [0.2, 0.25) is 0 Å². The molecular weight excluding hydrogens is 287 g/mol. The zero-order valence-electron chi connectivity index (χ0n) is 10.1. The van der Waals surface area contributed by atoms with Crippen molar-refractivity contribution in [2.75, 3.05) is 0 Å². The van der Waals surface area contributed by atoms with Crippen molar-refractivity contribution in [1.29, 1.82) is 0 Å². The first-order chi connectivity index (χ1) is 9.36. The molecule has 2 N–H and O–H groups in total. The van der Waals surface area contributed by atoms with Crippen molar-refractivity contribution in [1.82, 2.24) is 0 Å². The van der Waals surface area contributed by atoms with E-state index in [-0.39, 0.29) is 0 Å². The van der Waals surface area contributed by atoms with Gasteiger partial charge in [-0.1, -0.05) is 12.1 Å². The maximum absolute atomic E-state index is 12.6. The van der Waals surface area contributed by atoms with Crippen LogP contribution in [0, 0.1) is 0 Å². The Kier molecular flexibility index (Phi) is 3.94. The van der Waals surface area contributed by atoms with Crippen LogP contribution in [0.15, 0.2) is 42.5 Å². The van der Waals surface area contributed by atoms with Crippen LogP contribution in [0.3, 0.4) is 0 Å². The maximum atomic E-state index is 12.6. The Morgan fingerprint density at radius 1 is 1.20 bits per heavy atom. The highest BCUT2D eigenvalue weighted by atomic mass is 32.1. The monoisotopic (exact) mass is 297 g/mol. The van der Waals surface area contributed by atoms with Crippen molar-refractivity contribution in [3.8, 4) is 10.4 Å². The summed E-state index contributed by atoms with van der Waals surface area (Å²) in [6.45, 7) is 0. The zero-order chi connectivity index (χ0) is 14.8. The van der Waals surface area contributed by atoms with E-state index in [0.717, 1.165) is 17.0 Å². The number of alkyl halides is 3. The summed E-state index contributed by atoms with van der Waals surface area (Å²) in [4.78, 5) is 12.1. The molecule has 0 unspecified atom stereocenters. The third-order valence-corrected chi connectivity index (χ3v) is 3.61. The van der Waals surface area contributed by atoms with Crippen molar-refractivity contribution >= 4 is 23.3 Å². The van der Waals surface area contributed by atoms with E-state index in [1.54, 1.807) is 18.2 Å². The molecule has 0 saturated carbocycles. The molecule has 6 heteroatoms. The van der Waals surface area contributed by atoms with E-state index in [2.05, 4.69) is 0 Å². The molecule has 0 spiro atoms. The number of nitrogens with two attached hydrogens (primary N) is 1. The number of hydrogen-bond acceptors (Lipinski definition) is 2. The number of carbonyl (C=O) groups is 1. The molecule has 1 heterocycles. The van der Waals surface area contributed by atoms with E-state index < -0.39 is 17.6 Å². The molecular formula is C14H10F3NOS. The lowest BCUT2D eigenvalue weighted by atomic mass is 10.1. The number of carbonyl (C=O) groups excluding carboxylic acids is 1. The largest absolute Gasteiger partial charge is 0.416 e. The van der Waals surface area contributed by atoms with Crippen LogP contribution in [0.5, 0.6) is 0 Å². The van der Waals surface area contributed by atoms with Gasteiger partial charge in [0.2, 0.25) is 5.91 Å². The van der Waals surface area contributed by atoms with E-state index in [0.29, 0.717) is 10.4 Å². The van der Waals surface area contributed by atoms with Gasteiger partial charge in [0.15, 0.2) is 0 Å². The Hall–Kier alpha value is -2.08. The summed E-state index contributed by atoms with van der Waals surface area (Å²) in [5.41, 5.74) is 4.79. The Labute approximate surface area is 117 Å². The second kappa shape index (κ2) is 5.50. The third kappa shape index (κ3) is 3.48. The lowest BCUT2D eigenvalue weighted by Gasteiger charge is -2.07. The molecule has 2 rings (SSSR count). The standard InChI is InChI=1S/C14H10F3NOS/c15-14(16,17)10-3-1-2-9(8-10)12-6-4-11(20-12)5-7-13(18)19/h1-8H,(H2,18,19)/b7-5+. The van der Waals surface area contributed by atoms with Gasteiger partial charge in [-0.2, -0.15) is 13.2 Å². The molecule has 0 radical (unpaired) electrons. The van der Waals surface area contributed by atoms with Crippen molar-refractivity contribution in [3.05, 3.63) is 52.9 Å². The van der Waals surface area contributed by atoms with Crippen LogP contribution in [-0.2, 0) is 11.0 Å². The first kappa shape index (κ1) is 14.3. The van der Waals surface area contributed by atoms with Gasteiger partial charge in [-0.25, -0.2) is 0 Å². The Balaban J connectivity index is 2.31. The van der Waals surface area contributed by atoms with Crippen molar-refractivity contribution in [3.63, 3.8) is 0 Å². The summed E-state index contributed by atoms with van der Waals surface area (Å²) in [5, 5.41) is 0. The molecule has 0 aliphatic carbocycles. The van der Waals surface area contributed by atoms with Gasteiger partial charge in [0.1, 0.15) is 0 Å². The van der Waals surface area contributed by atoms with Gasteiger partial charge in [0.05, 0.1) is 5.56 Å². The van der Waals surface area contributed by atoms with Crippen LogP contribution in [0.4, 0.5) is 13.2 Å². The van der Waals surface area contributed by atoms with Crippen LogP contribution < -0.4 is 5.73 Å². The highest BCUT2D eigenvalue weighted by molar-refractivity contribution is 7.16. The normalized spacial score (nSPS) is 11.9. The number of benzene rings is 1. The summed E-state index contributed by atoms with van der Waals surface area (Å²) in [7, 11) is 0. The SMILES string of the molecule is NC(=O)/C=C/c1ccc(-c2cccc(C(F)(F)F)c2)s1. The number of rotatable bonds is 3. The molecule has 0 bridgehead atoms. The second-order valence-corrected chi connectivity index (χ2v) is 5.13. The average molecular weight is 297 g/mol. The minimum absolute atomic E-state index is 0.489. The third-order valence-electron chi connectivity index (χ3n) is 2.51. The quantitative estimate of drug-likeness (QED) is 0.857. The molecule has 0 saturated heterocycles. The first-order valence-electron chi connectivity index (χ1n) is 5.61. The van der Waals surface area contributed by atoms with Crippen molar-refractivity contribution in [2.24, 2.45) is 5.73 Å².